The zero-order chi connectivity index (χ0) is 22.0. The molecule has 0 amide bonds. The lowest BCUT2D eigenvalue weighted by Crippen LogP contribution is -2.29. The van der Waals surface area contributed by atoms with Gasteiger partial charge in [0.2, 0.25) is 5.88 Å². The molecule has 164 valence electrons. The Bertz CT molecular complexity index is 1110. The van der Waals surface area contributed by atoms with E-state index in [-0.39, 0.29) is 5.97 Å². The van der Waals surface area contributed by atoms with Gasteiger partial charge in [0.25, 0.3) is 0 Å². The fraction of sp³-hybridized carbons (Fsp3) is 0.409. The highest BCUT2D eigenvalue weighted by Gasteiger charge is 2.24. The number of aryl methyl sites for hydroxylation is 1. The molecule has 4 rings (SSSR count). The number of thiophene rings is 1. The van der Waals surface area contributed by atoms with Gasteiger partial charge in [-0.1, -0.05) is 29.6 Å². The van der Waals surface area contributed by atoms with Gasteiger partial charge in [0, 0.05) is 11.1 Å². The molecule has 0 unspecified atom stereocenters. The third kappa shape index (κ3) is 4.95. The van der Waals surface area contributed by atoms with E-state index in [2.05, 4.69) is 4.90 Å². The maximum absolute atomic E-state index is 12.5. The van der Waals surface area contributed by atoms with Crippen molar-refractivity contribution in [2.75, 3.05) is 19.7 Å². The predicted octanol–water partition coefficient (Wildman–Crippen LogP) is 6.26. The van der Waals surface area contributed by atoms with Gasteiger partial charge in [-0.2, -0.15) is 4.98 Å². The topological polar surface area (TPSA) is 64.5 Å². The highest BCUT2D eigenvalue weighted by atomic mass is 35.5. The van der Waals surface area contributed by atoms with Crippen molar-refractivity contribution in [2.45, 2.75) is 39.7 Å². The lowest BCUT2D eigenvalue weighted by Gasteiger charge is -2.25. The number of carbonyl (C=O) groups is 1. The largest absolute Gasteiger partial charge is 0.462 e. The number of piperidine rings is 1. The van der Waals surface area contributed by atoms with Gasteiger partial charge >= 0.3 is 5.97 Å². The third-order valence-corrected chi connectivity index (χ3v) is 6.89. The van der Waals surface area contributed by atoms with Crippen molar-refractivity contribution in [1.82, 2.24) is 14.9 Å². The van der Waals surface area contributed by atoms with Crippen LogP contribution in [-0.2, 0) is 11.3 Å². The van der Waals surface area contributed by atoms with Gasteiger partial charge < -0.3 is 9.47 Å². The summed E-state index contributed by atoms with van der Waals surface area (Å²) in [5.41, 5.74) is 0.733. The van der Waals surface area contributed by atoms with Gasteiger partial charge in [-0.3, -0.25) is 4.90 Å². The highest BCUT2D eigenvalue weighted by Crippen LogP contribution is 2.39. The van der Waals surface area contributed by atoms with Crippen LogP contribution < -0.4 is 4.74 Å². The van der Waals surface area contributed by atoms with E-state index < -0.39 is 0 Å². The van der Waals surface area contributed by atoms with Crippen molar-refractivity contribution < 1.29 is 14.3 Å². The summed E-state index contributed by atoms with van der Waals surface area (Å²) in [6.45, 7) is 6.61. The van der Waals surface area contributed by atoms with E-state index >= 15 is 0 Å². The minimum absolute atomic E-state index is 0.305. The van der Waals surface area contributed by atoms with Crippen molar-refractivity contribution in [3.8, 4) is 11.6 Å². The van der Waals surface area contributed by atoms with E-state index in [1.165, 1.54) is 30.6 Å². The molecule has 1 aliphatic rings. The number of hydrogen-bond acceptors (Lipinski definition) is 7. The summed E-state index contributed by atoms with van der Waals surface area (Å²) in [6.07, 6.45) is 3.61. The molecular weight excluding hydrogens is 457 g/mol. The fourth-order valence-electron chi connectivity index (χ4n) is 3.66. The Morgan fingerprint density at radius 2 is 1.97 bits per heavy atom. The highest BCUT2D eigenvalue weighted by molar-refractivity contribution is 7.20. The second-order valence-corrected chi connectivity index (χ2v) is 9.26. The lowest BCUT2D eigenvalue weighted by atomic mass is 10.1. The number of aromatic nitrogens is 2. The number of carbonyl (C=O) groups excluding carboxylic acids is 1. The average Bonchev–Trinajstić information content (AvgIpc) is 3.08. The standard InChI is InChI=1S/C22H23Cl2N3O3S/c1-3-29-22(28)19-13(2)18-20(30-16-11-14(23)7-8-15(16)24)25-17(26-21(18)31-19)12-27-9-5-4-6-10-27/h7-8,11H,3-6,9-10,12H2,1-2H3. The molecule has 0 N–H and O–H groups in total. The van der Waals surface area contributed by atoms with Crippen LogP contribution in [0.2, 0.25) is 10.0 Å². The van der Waals surface area contributed by atoms with Crippen molar-refractivity contribution in [3.05, 3.63) is 44.5 Å². The van der Waals surface area contributed by atoms with Crippen LogP contribution in [0.3, 0.4) is 0 Å². The lowest BCUT2D eigenvalue weighted by molar-refractivity contribution is 0.0531. The molecule has 1 fully saturated rings. The van der Waals surface area contributed by atoms with E-state index in [1.807, 2.05) is 6.92 Å². The number of halogens is 2. The molecule has 1 saturated heterocycles. The van der Waals surface area contributed by atoms with Crippen LogP contribution in [-0.4, -0.2) is 40.5 Å². The maximum Gasteiger partial charge on any atom is 0.348 e. The monoisotopic (exact) mass is 479 g/mol. The van der Waals surface area contributed by atoms with E-state index in [4.69, 9.17) is 42.6 Å². The normalized spacial score (nSPS) is 14.7. The summed E-state index contributed by atoms with van der Waals surface area (Å²) >= 11 is 13.8. The maximum atomic E-state index is 12.5. The summed E-state index contributed by atoms with van der Waals surface area (Å²) in [5.74, 6) is 1.05. The van der Waals surface area contributed by atoms with Crippen LogP contribution in [0.25, 0.3) is 10.2 Å². The van der Waals surface area contributed by atoms with E-state index in [0.29, 0.717) is 55.7 Å². The molecule has 1 aromatic carbocycles. The third-order valence-electron chi connectivity index (χ3n) is 5.18. The first kappa shape index (κ1) is 22.3. The number of benzene rings is 1. The minimum atomic E-state index is -0.368. The predicted molar refractivity (Wildman–Crippen MR) is 124 cm³/mol. The minimum Gasteiger partial charge on any atom is -0.462 e. The Kier molecular flexibility index (Phi) is 6.96. The molecule has 0 radical (unpaired) electrons. The average molecular weight is 480 g/mol. The molecule has 2 aromatic heterocycles. The van der Waals surface area contributed by atoms with Crippen molar-refractivity contribution in [2.24, 2.45) is 0 Å². The van der Waals surface area contributed by atoms with Crippen molar-refractivity contribution >= 4 is 50.7 Å². The number of nitrogens with zero attached hydrogens (tertiary/aromatic N) is 3. The van der Waals surface area contributed by atoms with Crippen LogP contribution in [0.15, 0.2) is 18.2 Å². The zero-order valence-corrected chi connectivity index (χ0v) is 19.7. The Labute approximate surface area is 195 Å². The second kappa shape index (κ2) is 9.69. The Hall–Kier alpha value is -1.93. The Morgan fingerprint density at radius 1 is 1.19 bits per heavy atom. The second-order valence-electron chi connectivity index (χ2n) is 7.42. The molecule has 0 aliphatic carbocycles. The van der Waals surface area contributed by atoms with Gasteiger partial charge in [0.1, 0.15) is 21.3 Å². The van der Waals surface area contributed by atoms with Gasteiger partial charge in [0.15, 0.2) is 0 Å². The van der Waals surface area contributed by atoms with Crippen molar-refractivity contribution in [3.63, 3.8) is 0 Å². The molecule has 3 heterocycles. The van der Waals surface area contributed by atoms with Gasteiger partial charge in [0.05, 0.1) is 23.6 Å². The summed E-state index contributed by atoms with van der Waals surface area (Å²) < 4.78 is 11.4. The zero-order valence-electron chi connectivity index (χ0n) is 17.4. The van der Waals surface area contributed by atoms with E-state index in [9.17, 15) is 4.79 Å². The quantitative estimate of drug-likeness (QED) is 0.388. The number of hydrogen-bond donors (Lipinski definition) is 0. The smallest absolute Gasteiger partial charge is 0.348 e. The molecule has 6 nitrogen and oxygen atoms in total. The molecular formula is C22H23Cl2N3O3S. The molecule has 0 spiro atoms. The number of likely N-dealkylation sites (tertiary alicyclic amines) is 1. The Morgan fingerprint density at radius 3 is 2.71 bits per heavy atom. The number of rotatable bonds is 6. The van der Waals surface area contributed by atoms with Gasteiger partial charge in [-0.25, -0.2) is 9.78 Å². The number of ether oxygens (including phenoxy) is 2. The molecule has 0 bridgehead atoms. The number of fused-ring (bicyclic) bond motifs is 1. The van der Waals surface area contributed by atoms with Crippen LogP contribution in [0.4, 0.5) is 0 Å². The van der Waals surface area contributed by atoms with Crippen LogP contribution in [0.1, 0.15) is 47.2 Å². The summed E-state index contributed by atoms with van der Waals surface area (Å²) in [5, 5.41) is 1.62. The van der Waals surface area contributed by atoms with Crippen LogP contribution >= 0.6 is 34.5 Å². The Balaban J connectivity index is 1.79. The summed E-state index contributed by atoms with van der Waals surface area (Å²) in [6, 6.07) is 5.02. The van der Waals surface area contributed by atoms with Crippen molar-refractivity contribution in [1.29, 1.82) is 0 Å². The van der Waals surface area contributed by atoms with Gasteiger partial charge in [-0.15, -0.1) is 11.3 Å². The first-order valence-corrected chi connectivity index (χ1v) is 11.9. The molecule has 31 heavy (non-hydrogen) atoms. The summed E-state index contributed by atoms with van der Waals surface area (Å²) in [7, 11) is 0. The SMILES string of the molecule is CCOC(=O)c1sc2nc(CN3CCCCC3)nc(Oc3cc(Cl)ccc3Cl)c2c1C. The first-order valence-electron chi connectivity index (χ1n) is 10.3. The molecule has 1 aliphatic heterocycles. The first-order chi connectivity index (χ1) is 15.0. The van der Waals surface area contributed by atoms with Gasteiger partial charge in [-0.05, 0) is 57.5 Å². The summed E-state index contributed by atoms with van der Waals surface area (Å²) in [4.78, 5) is 25.5. The van der Waals surface area contributed by atoms with Crippen LogP contribution in [0, 0.1) is 6.92 Å². The molecule has 0 saturated carbocycles. The van der Waals surface area contributed by atoms with E-state index in [0.717, 1.165) is 18.7 Å². The molecule has 9 heteroatoms. The molecule has 0 atom stereocenters. The van der Waals surface area contributed by atoms with E-state index in [1.54, 1.807) is 25.1 Å². The fourth-order valence-corrected chi connectivity index (χ4v) is 5.06. The molecule has 3 aromatic rings. The number of esters is 1. The van der Waals surface area contributed by atoms with Crippen LogP contribution in [0.5, 0.6) is 11.6 Å².